The van der Waals surface area contributed by atoms with Crippen LogP contribution in [0.2, 0.25) is 0 Å². The second-order valence-corrected chi connectivity index (χ2v) is 2.07. The molecular weight excluding hydrogens is 131 g/mol. The fraction of sp³-hybridized carbons (Fsp3) is 0.125. The van der Waals surface area contributed by atoms with Gasteiger partial charge in [-0.05, 0) is 18.6 Å². The van der Waals surface area contributed by atoms with Crippen molar-refractivity contribution in [1.82, 2.24) is 0 Å². The Labute approximate surface area is 59.1 Å². The van der Waals surface area contributed by atoms with Gasteiger partial charge in [-0.15, -0.1) is 0 Å². The highest BCUT2D eigenvalue weighted by atomic mass is 19.1. The third kappa shape index (κ3) is 1.33. The van der Waals surface area contributed by atoms with Crippen LogP contribution in [-0.4, -0.2) is 0 Å². The number of halogens is 1. The molecule has 0 spiro atoms. The highest BCUT2D eigenvalue weighted by Gasteiger charge is 1.99. The highest BCUT2D eigenvalue weighted by Crippen LogP contribution is 2.09. The summed E-state index contributed by atoms with van der Waals surface area (Å²) < 4.78 is 12.5. The third-order valence-electron chi connectivity index (χ3n) is 1.27. The summed E-state index contributed by atoms with van der Waals surface area (Å²) in [5.74, 6) is -0.442. The predicted molar refractivity (Wildman–Crippen MR) is 35.2 cm³/mol. The van der Waals surface area contributed by atoms with Crippen molar-refractivity contribution < 1.29 is 9.50 Å². The molecule has 0 aromatic heterocycles. The number of hydrogen-bond donors (Lipinski definition) is 0. The molecule has 1 aromatic carbocycles. The molecule has 1 rings (SSSR count). The van der Waals surface area contributed by atoms with Gasteiger partial charge >= 0.3 is 0 Å². The van der Waals surface area contributed by atoms with Crippen molar-refractivity contribution in [2.24, 2.45) is 0 Å². The van der Waals surface area contributed by atoms with Crippen molar-refractivity contribution in [1.29, 1.82) is 0 Å². The molecule has 0 saturated carbocycles. The summed E-state index contributed by atoms with van der Waals surface area (Å²) >= 11 is 0. The van der Waals surface area contributed by atoms with Crippen molar-refractivity contribution in [3.63, 3.8) is 0 Å². The summed E-state index contributed by atoms with van der Waals surface area (Å²) in [6.45, 7) is 3.05. The average molecular weight is 138 g/mol. The molecule has 2 heteroatoms. The van der Waals surface area contributed by atoms with Gasteiger partial charge in [0.2, 0.25) is 0 Å². The second kappa shape index (κ2) is 2.80. The van der Waals surface area contributed by atoms with E-state index in [1.54, 1.807) is 0 Å². The standard InChI is InChI=1S/C8H7FO/c1-6-2-3-8(9)7(4-6)5-10/h2-4H,1,5H2. The maximum atomic E-state index is 12.5. The summed E-state index contributed by atoms with van der Waals surface area (Å²) in [5.41, 5.74) is 0.861. The Morgan fingerprint density at radius 2 is 2.20 bits per heavy atom. The molecule has 1 nitrogen and oxygen atoms in total. The van der Waals surface area contributed by atoms with Gasteiger partial charge in [-0.25, -0.2) is 9.50 Å². The van der Waals surface area contributed by atoms with Crippen LogP contribution < -0.4 is 0 Å². The van der Waals surface area contributed by atoms with E-state index in [2.05, 4.69) is 6.92 Å². The van der Waals surface area contributed by atoms with Crippen molar-refractivity contribution in [3.8, 4) is 0 Å². The van der Waals surface area contributed by atoms with E-state index in [0.29, 0.717) is 5.56 Å². The fourth-order valence-corrected chi connectivity index (χ4v) is 0.739. The predicted octanol–water partition coefficient (Wildman–Crippen LogP) is 1.94. The van der Waals surface area contributed by atoms with Crippen LogP contribution in [0.15, 0.2) is 18.2 Å². The summed E-state index contributed by atoms with van der Waals surface area (Å²) in [6, 6.07) is 4.26. The van der Waals surface area contributed by atoms with E-state index in [-0.39, 0.29) is 5.56 Å². The Hall–Kier alpha value is -0.890. The summed E-state index contributed by atoms with van der Waals surface area (Å²) in [4.78, 5) is 0. The third-order valence-corrected chi connectivity index (χ3v) is 1.27. The van der Waals surface area contributed by atoms with Gasteiger partial charge < -0.3 is 0 Å². The van der Waals surface area contributed by atoms with Crippen LogP contribution in [0.25, 0.3) is 0 Å². The molecule has 0 aliphatic rings. The van der Waals surface area contributed by atoms with E-state index < -0.39 is 12.4 Å². The Balaban J connectivity index is 3.09. The lowest BCUT2D eigenvalue weighted by Crippen LogP contribution is -1.88. The van der Waals surface area contributed by atoms with Gasteiger partial charge in [0.1, 0.15) is 12.4 Å². The van der Waals surface area contributed by atoms with Crippen molar-refractivity contribution in [3.05, 3.63) is 42.1 Å². The largest absolute Gasteiger partial charge is 0.231 e. The molecule has 0 bridgehead atoms. The zero-order valence-corrected chi connectivity index (χ0v) is 5.43. The minimum absolute atomic E-state index is 0.188. The van der Waals surface area contributed by atoms with Gasteiger partial charge in [0, 0.05) is 5.56 Å². The molecule has 52 valence electrons. The zero-order valence-electron chi connectivity index (χ0n) is 5.43. The van der Waals surface area contributed by atoms with Crippen LogP contribution >= 0.6 is 0 Å². The van der Waals surface area contributed by atoms with Crippen LogP contribution in [-0.2, 0) is 11.7 Å². The van der Waals surface area contributed by atoms with E-state index >= 15 is 0 Å². The quantitative estimate of drug-likeness (QED) is 0.565. The molecule has 0 N–H and O–H groups in total. The van der Waals surface area contributed by atoms with Gasteiger partial charge in [0.15, 0.2) is 0 Å². The molecule has 1 aromatic rings. The van der Waals surface area contributed by atoms with Crippen LogP contribution in [0.3, 0.4) is 0 Å². The Morgan fingerprint density at radius 1 is 1.50 bits per heavy atom. The van der Waals surface area contributed by atoms with Gasteiger partial charge in [0.05, 0.1) is 0 Å². The fourth-order valence-electron chi connectivity index (χ4n) is 0.739. The lowest BCUT2D eigenvalue weighted by molar-refractivity contribution is 0.174. The molecule has 0 aliphatic carbocycles. The minimum Gasteiger partial charge on any atom is -0.231 e. The van der Waals surface area contributed by atoms with Crippen molar-refractivity contribution >= 4 is 0 Å². The van der Waals surface area contributed by atoms with Gasteiger partial charge in [-0.1, -0.05) is 12.1 Å². The van der Waals surface area contributed by atoms with E-state index in [9.17, 15) is 9.50 Å². The monoisotopic (exact) mass is 138 g/mol. The maximum Gasteiger partial charge on any atom is 0.128 e. The molecule has 0 atom stereocenters. The summed E-state index contributed by atoms with van der Waals surface area (Å²) in [6.07, 6.45) is 0. The molecule has 0 unspecified atom stereocenters. The molecule has 0 heterocycles. The van der Waals surface area contributed by atoms with Gasteiger partial charge in [0.25, 0.3) is 0 Å². The topological polar surface area (TPSA) is 19.9 Å². The molecule has 2 radical (unpaired) electrons. The Morgan fingerprint density at radius 3 is 2.70 bits per heavy atom. The Kier molecular flexibility index (Phi) is 2.02. The molecule has 0 fully saturated rings. The minimum atomic E-state index is -0.519. The van der Waals surface area contributed by atoms with Gasteiger partial charge in [-0.2, -0.15) is 0 Å². The second-order valence-electron chi connectivity index (χ2n) is 2.07. The molecule has 0 amide bonds. The van der Waals surface area contributed by atoms with Crippen LogP contribution in [0, 0.1) is 12.7 Å². The first-order valence-corrected chi connectivity index (χ1v) is 2.92. The summed E-state index contributed by atoms with van der Waals surface area (Å²) in [5, 5.41) is 10.2. The lowest BCUT2D eigenvalue weighted by atomic mass is 10.1. The molecule has 10 heavy (non-hydrogen) atoms. The van der Waals surface area contributed by atoms with Crippen molar-refractivity contribution in [2.75, 3.05) is 0 Å². The first-order valence-electron chi connectivity index (χ1n) is 2.92. The zero-order chi connectivity index (χ0) is 7.56. The first-order chi connectivity index (χ1) is 4.74. The van der Waals surface area contributed by atoms with E-state index in [0.717, 1.165) is 0 Å². The normalized spacial score (nSPS) is 9.90. The number of benzene rings is 1. The average Bonchev–Trinajstić information content (AvgIpc) is 1.94. The van der Waals surface area contributed by atoms with E-state index in [1.165, 1.54) is 18.2 Å². The molecule has 0 saturated heterocycles. The lowest BCUT2D eigenvalue weighted by Gasteiger charge is -1.97. The molecular formula is C8H7FO. The molecule has 0 aliphatic heterocycles. The summed E-state index contributed by atoms with van der Waals surface area (Å²) in [7, 11) is 0. The smallest absolute Gasteiger partial charge is 0.128 e. The van der Waals surface area contributed by atoms with Crippen LogP contribution in [0.1, 0.15) is 11.1 Å². The highest BCUT2D eigenvalue weighted by molar-refractivity contribution is 5.26. The number of rotatable bonds is 1. The SMILES string of the molecule is [CH2]c1ccc(F)c(C[O])c1. The number of hydrogen-bond acceptors (Lipinski definition) is 0. The Bertz CT molecular complexity index is 233. The van der Waals surface area contributed by atoms with Crippen LogP contribution in [0.4, 0.5) is 4.39 Å². The van der Waals surface area contributed by atoms with E-state index in [4.69, 9.17) is 0 Å². The van der Waals surface area contributed by atoms with Crippen LogP contribution in [0.5, 0.6) is 0 Å². The maximum absolute atomic E-state index is 12.5. The van der Waals surface area contributed by atoms with Gasteiger partial charge in [-0.3, -0.25) is 0 Å². The van der Waals surface area contributed by atoms with Crippen molar-refractivity contribution in [2.45, 2.75) is 6.61 Å². The first kappa shape index (κ1) is 7.22. The van der Waals surface area contributed by atoms with E-state index in [1.807, 2.05) is 0 Å².